The first-order chi connectivity index (χ1) is 13.1. The number of pyridine rings is 1. The normalized spacial score (nSPS) is 12.1. The number of benzene rings is 2. The van der Waals surface area contributed by atoms with Gasteiger partial charge in [0.05, 0.1) is 0 Å². The van der Waals surface area contributed by atoms with E-state index in [1.54, 1.807) is 0 Å². The molecule has 1 aromatic heterocycles. The van der Waals surface area contributed by atoms with E-state index in [2.05, 4.69) is 22.4 Å². The van der Waals surface area contributed by atoms with Gasteiger partial charge in [-0.25, -0.2) is 14.6 Å². The number of carboxylic acids is 1. The minimum atomic E-state index is -1.16. The van der Waals surface area contributed by atoms with E-state index in [9.17, 15) is 9.59 Å². The van der Waals surface area contributed by atoms with Crippen molar-refractivity contribution in [1.82, 2.24) is 4.98 Å². The molecule has 6 nitrogen and oxygen atoms in total. The molecule has 3 aromatic rings. The third kappa shape index (κ3) is 3.25. The fourth-order valence-corrected chi connectivity index (χ4v) is 3.36. The minimum absolute atomic E-state index is 0.0403. The van der Waals surface area contributed by atoms with Gasteiger partial charge in [0.25, 0.3) is 0 Å². The number of fused-ring (bicyclic) bond motifs is 3. The van der Waals surface area contributed by atoms with Crippen LogP contribution in [0, 0.1) is 0 Å². The summed E-state index contributed by atoms with van der Waals surface area (Å²) in [5.74, 6) is -1.07. The smallest absolute Gasteiger partial charge is 0.412 e. The molecule has 0 aliphatic heterocycles. The van der Waals surface area contributed by atoms with Crippen LogP contribution in [0.1, 0.15) is 27.5 Å². The van der Waals surface area contributed by atoms with Crippen LogP contribution in [0.2, 0.25) is 0 Å². The van der Waals surface area contributed by atoms with E-state index in [4.69, 9.17) is 9.84 Å². The zero-order valence-corrected chi connectivity index (χ0v) is 14.3. The summed E-state index contributed by atoms with van der Waals surface area (Å²) >= 11 is 0. The molecule has 0 fully saturated rings. The zero-order valence-electron chi connectivity index (χ0n) is 14.3. The standard InChI is InChI=1S/C21H16N2O4/c24-20(25)18-10-5-11-19(22-18)23-21(26)27-12-17-15-8-3-1-6-13(15)14-7-2-4-9-16(14)17/h1-11,17H,12H2,(H,24,25)(H,22,23,26). The number of carbonyl (C=O) groups is 2. The van der Waals surface area contributed by atoms with Crippen LogP contribution in [0.25, 0.3) is 11.1 Å². The Labute approximate surface area is 155 Å². The predicted molar refractivity (Wildman–Crippen MR) is 99.9 cm³/mol. The summed E-state index contributed by atoms with van der Waals surface area (Å²) < 4.78 is 5.41. The van der Waals surface area contributed by atoms with Crippen LogP contribution in [0.15, 0.2) is 66.7 Å². The number of aromatic nitrogens is 1. The molecule has 1 amide bonds. The summed E-state index contributed by atoms with van der Waals surface area (Å²) in [6.45, 7) is 0.179. The van der Waals surface area contributed by atoms with Crippen LogP contribution in [0.3, 0.4) is 0 Å². The number of anilines is 1. The van der Waals surface area contributed by atoms with Crippen LogP contribution in [0.5, 0.6) is 0 Å². The zero-order chi connectivity index (χ0) is 18.8. The highest BCUT2D eigenvalue weighted by Crippen LogP contribution is 2.44. The molecule has 0 saturated carbocycles. The first kappa shape index (κ1) is 16.8. The minimum Gasteiger partial charge on any atom is -0.477 e. The van der Waals surface area contributed by atoms with Gasteiger partial charge in [-0.2, -0.15) is 0 Å². The summed E-state index contributed by atoms with van der Waals surface area (Å²) in [7, 11) is 0. The van der Waals surface area contributed by atoms with Gasteiger partial charge in [-0.1, -0.05) is 54.6 Å². The number of rotatable bonds is 4. The molecule has 0 unspecified atom stereocenters. The molecule has 0 atom stereocenters. The number of nitrogens with one attached hydrogen (secondary N) is 1. The maximum atomic E-state index is 12.2. The Bertz CT molecular complexity index is 986. The number of hydrogen-bond donors (Lipinski definition) is 2. The molecule has 27 heavy (non-hydrogen) atoms. The maximum absolute atomic E-state index is 12.2. The van der Waals surface area contributed by atoms with Gasteiger partial charge in [-0.05, 0) is 34.4 Å². The highest BCUT2D eigenvalue weighted by Gasteiger charge is 2.29. The highest BCUT2D eigenvalue weighted by molar-refractivity contribution is 5.88. The van der Waals surface area contributed by atoms with Crippen molar-refractivity contribution in [3.63, 3.8) is 0 Å². The molecule has 0 saturated heterocycles. The SMILES string of the molecule is O=C(Nc1cccc(C(=O)O)n1)OCC1c2ccccc2-c2ccccc21. The first-order valence-electron chi connectivity index (χ1n) is 8.46. The monoisotopic (exact) mass is 360 g/mol. The fraction of sp³-hybridized carbons (Fsp3) is 0.0952. The Morgan fingerprint density at radius 3 is 2.19 bits per heavy atom. The number of hydrogen-bond acceptors (Lipinski definition) is 4. The van der Waals surface area contributed by atoms with Crippen molar-refractivity contribution in [1.29, 1.82) is 0 Å². The number of aromatic carboxylic acids is 1. The highest BCUT2D eigenvalue weighted by atomic mass is 16.5. The van der Waals surface area contributed by atoms with Crippen LogP contribution in [-0.4, -0.2) is 28.8 Å². The Kier molecular flexibility index (Phi) is 4.30. The first-order valence-corrected chi connectivity index (χ1v) is 8.46. The molecule has 1 heterocycles. The van der Waals surface area contributed by atoms with Crippen molar-refractivity contribution in [3.8, 4) is 11.1 Å². The van der Waals surface area contributed by atoms with Crippen molar-refractivity contribution >= 4 is 17.9 Å². The van der Waals surface area contributed by atoms with Gasteiger partial charge in [0.2, 0.25) is 0 Å². The number of nitrogens with zero attached hydrogens (tertiary/aromatic N) is 1. The molecule has 1 aliphatic rings. The van der Waals surface area contributed by atoms with Crippen molar-refractivity contribution in [2.75, 3.05) is 11.9 Å². The molecule has 2 N–H and O–H groups in total. The van der Waals surface area contributed by atoms with Crippen LogP contribution in [-0.2, 0) is 4.74 Å². The molecule has 134 valence electrons. The van der Waals surface area contributed by atoms with E-state index >= 15 is 0 Å². The van der Waals surface area contributed by atoms with Gasteiger partial charge in [0, 0.05) is 5.92 Å². The van der Waals surface area contributed by atoms with E-state index in [0.29, 0.717) is 0 Å². The van der Waals surface area contributed by atoms with Gasteiger partial charge in [0.1, 0.15) is 12.4 Å². The van der Waals surface area contributed by atoms with E-state index in [1.807, 2.05) is 36.4 Å². The van der Waals surface area contributed by atoms with Gasteiger partial charge < -0.3 is 9.84 Å². The summed E-state index contributed by atoms with van der Waals surface area (Å²) in [4.78, 5) is 27.0. The molecule has 0 bridgehead atoms. The van der Waals surface area contributed by atoms with Gasteiger partial charge >= 0.3 is 12.1 Å². The van der Waals surface area contributed by atoms with Gasteiger partial charge in [-0.3, -0.25) is 5.32 Å². The lowest BCUT2D eigenvalue weighted by atomic mass is 9.98. The largest absolute Gasteiger partial charge is 0.477 e. The summed E-state index contributed by atoms with van der Waals surface area (Å²) in [5, 5.41) is 11.4. The Morgan fingerprint density at radius 1 is 0.926 bits per heavy atom. The van der Waals surface area contributed by atoms with E-state index in [-0.39, 0.29) is 24.0 Å². The molecule has 0 spiro atoms. The quantitative estimate of drug-likeness (QED) is 0.730. The lowest BCUT2D eigenvalue weighted by Gasteiger charge is -2.14. The van der Waals surface area contributed by atoms with Crippen molar-refractivity contribution < 1.29 is 19.4 Å². The van der Waals surface area contributed by atoms with E-state index < -0.39 is 12.1 Å². The third-order valence-electron chi connectivity index (χ3n) is 4.54. The van der Waals surface area contributed by atoms with Crippen LogP contribution < -0.4 is 5.32 Å². The van der Waals surface area contributed by atoms with Crippen LogP contribution >= 0.6 is 0 Å². The summed E-state index contributed by atoms with van der Waals surface area (Å²) in [6.07, 6.45) is -0.674. The van der Waals surface area contributed by atoms with Crippen molar-refractivity contribution in [2.45, 2.75) is 5.92 Å². The molecule has 6 heteroatoms. The van der Waals surface area contributed by atoms with Gasteiger partial charge in [0.15, 0.2) is 5.69 Å². The predicted octanol–water partition coefficient (Wildman–Crippen LogP) is 4.14. The second kappa shape index (κ2) is 6.92. The Balaban J connectivity index is 1.48. The molecule has 0 radical (unpaired) electrons. The lowest BCUT2D eigenvalue weighted by molar-refractivity contribution is 0.0690. The summed E-state index contributed by atoms with van der Waals surface area (Å²) in [5.41, 5.74) is 4.40. The second-order valence-electron chi connectivity index (χ2n) is 6.16. The van der Waals surface area contributed by atoms with Gasteiger partial charge in [-0.15, -0.1) is 0 Å². The third-order valence-corrected chi connectivity index (χ3v) is 4.54. The molecular formula is C21H16N2O4. The van der Waals surface area contributed by atoms with Crippen LogP contribution in [0.4, 0.5) is 10.6 Å². The van der Waals surface area contributed by atoms with Crippen molar-refractivity contribution in [2.24, 2.45) is 0 Å². The number of ether oxygens (including phenoxy) is 1. The number of carbonyl (C=O) groups excluding carboxylic acids is 1. The van der Waals surface area contributed by atoms with Crippen molar-refractivity contribution in [3.05, 3.63) is 83.6 Å². The van der Waals surface area contributed by atoms with E-state index in [0.717, 1.165) is 22.3 Å². The summed E-state index contributed by atoms with van der Waals surface area (Å²) in [6, 6.07) is 20.5. The topological polar surface area (TPSA) is 88.5 Å². The van der Waals surface area contributed by atoms with E-state index in [1.165, 1.54) is 18.2 Å². The Hall–Kier alpha value is -3.67. The lowest BCUT2D eigenvalue weighted by Crippen LogP contribution is -2.19. The molecule has 1 aliphatic carbocycles. The fourth-order valence-electron chi connectivity index (χ4n) is 3.36. The average Bonchev–Trinajstić information content (AvgIpc) is 3.00. The Morgan fingerprint density at radius 2 is 1.56 bits per heavy atom. The average molecular weight is 360 g/mol. The molecule has 4 rings (SSSR count). The molecule has 2 aromatic carbocycles. The number of amides is 1. The second-order valence-corrected chi connectivity index (χ2v) is 6.16. The number of carboxylic acid groups (broad SMARTS) is 1. The maximum Gasteiger partial charge on any atom is 0.412 e. The molecular weight excluding hydrogens is 344 g/mol.